The largest absolute Gasteiger partial charge is 0.341 e. The minimum absolute atomic E-state index is 0.234. The third-order valence-corrected chi connectivity index (χ3v) is 4.67. The van der Waals surface area contributed by atoms with E-state index >= 15 is 0 Å². The fourth-order valence-electron chi connectivity index (χ4n) is 3.30. The SMILES string of the molecule is C[C@H](NC(=O)c1cc2n(n1)CCCN(Cc1ccccc1)C2)c1nn[nH]n1. The number of nitrogens with one attached hydrogen (secondary N) is 2. The maximum absolute atomic E-state index is 12.5. The van der Waals surface area contributed by atoms with E-state index in [1.54, 1.807) is 0 Å². The molecule has 1 aliphatic rings. The number of rotatable bonds is 5. The lowest BCUT2D eigenvalue weighted by molar-refractivity contribution is 0.0932. The van der Waals surface area contributed by atoms with Crippen molar-refractivity contribution in [2.75, 3.05) is 6.54 Å². The first-order valence-electron chi connectivity index (χ1n) is 9.06. The Morgan fingerprint density at radius 2 is 2.15 bits per heavy atom. The molecule has 0 aliphatic carbocycles. The zero-order valence-electron chi connectivity index (χ0n) is 15.2. The summed E-state index contributed by atoms with van der Waals surface area (Å²) in [4.78, 5) is 14.9. The maximum Gasteiger partial charge on any atom is 0.272 e. The monoisotopic (exact) mass is 366 g/mol. The summed E-state index contributed by atoms with van der Waals surface area (Å²) in [6.45, 7) is 5.30. The zero-order valence-corrected chi connectivity index (χ0v) is 15.2. The summed E-state index contributed by atoms with van der Waals surface area (Å²) in [6, 6.07) is 12.0. The lowest BCUT2D eigenvalue weighted by Crippen LogP contribution is -2.28. The van der Waals surface area contributed by atoms with Crippen LogP contribution in [0, 0.1) is 0 Å². The number of hydrogen-bond donors (Lipinski definition) is 2. The minimum Gasteiger partial charge on any atom is -0.341 e. The molecule has 0 spiro atoms. The van der Waals surface area contributed by atoms with Crippen molar-refractivity contribution >= 4 is 5.91 Å². The second kappa shape index (κ2) is 7.67. The molecule has 140 valence electrons. The van der Waals surface area contributed by atoms with E-state index in [1.807, 2.05) is 23.7 Å². The Bertz CT molecular complexity index is 889. The second-order valence-corrected chi connectivity index (χ2v) is 6.76. The summed E-state index contributed by atoms with van der Waals surface area (Å²) < 4.78 is 1.94. The number of nitrogens with zero attached hydrogens (tertiary/aromatic N) is 6. The highest BCUT2D eigenvalue weighted by Gasteiger charge is 2.21. The van der Waals surface area contributed by atoms with Gasteiger partial charge in [0.2, 0.25) is 0 Å². The fourth-order valence-corrected chi connectivity index (χ4v) is 3.30. The highest BCUT2D eigenvalue weighted by molar-refractivity contribution is 5.92. The van der Waals surface area contributed by atoms with E-state index < -0.39 is 0 Å². The van der Waals surface area contributed by atoms with Crippen LogP contribution < -0.4 is 5.32 Å². The molecule has 1 atom stereocenters. The first-order chi connectivity index (χ1) is 13.2. The lowest BCUT2D eigenvalue weighted by atomic mass is 10.2. The van der Waals surface area contributed by atoms with Gasteiger partial charge in [-0.2, -0.15) is 10.3 Å². The van der Waals surface area contributed by atoms with E-state index in [2.05, 4.69) is 60.2 Å². The molecule has 0 saturated heterocycles. The van der Waals surface area contributed by atoms with Gasteiger partial charge in [0.15, 0.2) is 11.5 Å². The molecule has 2 N–H and O–H groups in total. The van der Waals surface area contributed by atoms with E-state index in [0.717, 1.165) is 38.3 Å². The molecule has 0 bridgehead atoms. The molecule has 1 aromatic carbocycles. The van der Waals surface area contributed by atoms with Gasteiger partial charge in [-0.15, -0.1) is 10.2 Å². The lowest BCUT2D eigenvalue weighted by Gasteiger charge is -2.19. The van der Waals surface area contributed by atoms with Crippen LogP contribution in [0.5, 0.6) is 0 Å². The topological polar surface area (TPSA) is 105 Å². The number of tetrazole rings is 1. The van der Waals surface area contributed by atoms with E-state index in [-0.39, 0.29) is 11.9 Å². The van der Waals surface area contributed by atoms with Crippen LogP contribution in [0.1, 0.15) is 47.0 Å². The van der Waals surface area contributed by atoms with Crippen molar-refractivity contribution in [1.29, 1.82) is 0 Å². The number of amides is 1. The third kappa shape index (κ3) is 4.03. The van der Waals surface area contributed by atoms with Crippen molar-refractivity contribution in [3.8, 4) is 0 Å². The molecule has 0 fully saturated rings. The van der Waals surface area contributed by atoms with Crippen LogP contribution in [0.15, 0.2) is 36.4 Å². The first kappa shape index (κ1) is 17.3. The molecule has 1 aliphatic heterocycles. The second-order valence-electron chi connectivity index (χ2n) is 6.76. The van der Waals surface area contributed by atoms with Crippen molar-refractivity contribution in [3.05, 3.63) is 59.2 Å². The van der Waals surface area contributed by atoms with E-state index in [4.69, 9.17) is 0 Å². The fraction of sp³-hybridized carbons (Fsp3) is 0.389. The number of benzene rings is 1. The van der Waals surface area contributed by atoms with Gasteiger partial charge < -0.3 is 5.32 Å². The highest BCUT2D eigenvalue weighted by atomic mass is 16.2. The number of carbonyl (C=O) groups excluding carboxylic acids is 1. The molecule has 3 heterocycles. The van der Waals surface area contributed by atoms with Crippen LogP contribution in [-0.2, 0) is 19.6 Å². The summed E-state index contributed by atoms with van der Waals surface area (Å²) in [5, 5.41) is 21.1. The first-order valence-corrected chi connectivity index (χ1v) is 9.06. The molecular weight excluding hydrogens is 344 g/mol. The number of H-pyrrole nitrogens is 1. The Morgan fingerprint density at radius 3 is 2.93 bits per heavy atom. The Labute approximate surface area is 156 Å². The van der Waals surface area contributed by atoms with Crippen molar-refractivity contribution in [2.45, 2.75) is 39.0 Å². The third-order valence-electron chi connectivity index (χ3n) is 4.67. The van der Waals surface area contributed by atoms with Crippen molar-refractivity contribution in [3.63, 3.8) is 0 Å². The molecule has 1 amide bonds. The molecule has 0 saturated carbocycles. The molecule has 3 aromatic rings. The molecule has 4 rings (SSSR count). The zero-order chi connectivity index (χ0) is 18.6. The van der Waals surface area contributed by atoms with Gasteiger partial charge in [0.05, 0.1) is 11.7 Å². The molecular formula is C18H22N8O. The van der Waals surface area contributed by atoms with Gasteiger partial charge in [-0.1, -0.05) is 35.5 Å². The number of carbonyl (C=O) groups is 1. The van der Waals surface area contributed by atoms with E-state index in [0.29, 0.717) is 11.5 Å². The molecule has 0 unspecified atom stereocenters. The maximum atomic E-state index is 12.5. The van der Waals surface area contributed by atoms with E-state index in [9.17, 15) is 4.79 Å². The molecule has 2 aromatic heterocycles. The van der Waals surface area contributed by atoms with Gasteiger partial charge in [0, 0.05) is 26.2 Å². The number of fused-ring (bicyclic) bond motifs is 1. The van der Waals surface area contributed by atoms with Crippen molar-refractivity contribution < 1.29 is 4.79 Å². The smallest absolute Gasteiger partial charge is 0.272 e. The summed E-state index contributed by atoms with van der Waals surface area (Å²) in [7, 11) is 0. The van der Waals surface area contributed by atoms with Crippen molar-refractivity contribution in [2.24, 2.45) is 0 Å². The number of aryl methyl sites for hydroxylation is 1. The quantitative estimate of drug-likeness (QED) is 0.705. The minimum atomic E-state index is -0.340. The van der Waals surface area contributed by atoms with E-state index in [1.165, 1.54) is 5.56 Å². The van der Waals surface area contributed by atoms with Gasteiger partial charge in [0.25, 0.3) is 5.91 Å². The van der Waals surface area contributed by atoms with Crippen LogP contribution in [-0.4, -0.2) is 47.8 Å². The highest BCUT2D eigenvalue weighted by Crippen LogP contribution is 2.17. The predicted octanol–water partition coefficient (Wildman–Crippen LogP) is 1.29. The van der Waals surface area contributed by atoms with Gasteiger partial charge >= 0.3 is 0 Å². The van der Waals surface area contributed by atoms with Crippen LogP contribution in [0.4, 0.5) is 0 Å². The Kier molecular flexibility index (Phi) is 4.93. The summed E-state index contributed by atoms with van der Waals surface area (Å²) >= 11 is 0. The van der Waals surface area contributed by atoms with Crippen LogP contribution >= 0.6 is 0 Å². The van der Waals surface area contributed by atoms with Gasteiger partial charge in [-0.05, 0) is 25.0 Å². The number of aromatic amines is 1. The predicted molar refractivity (Wildman–Crippen MR) is 97.5 cm³/mol. The average molecular weight is 366 g/mol. The molecule has 27 heavy (non-hydrogen) atoms. The number of hydrogen-bond acceptors (Lipinski definition) is 6. The Morgan fingerprint density at radius 1 is 1.30 bits per heavy atom. The van der Waals surface area contributed by atoms with Gasteiger partial charge in [-0.25, -0.2) is 0 Å². The van der Waals surface area contributed by atoms with Crippen LogP contribution in [0.3, 0.4) is 0 Å². The summed E-state index contributed by atoms with van der Waals surface area (Å²) in [5.74, 6) is 0.209. The Balaban J connectivity index is 1.44. The average Bonchev–Trinajstić information content (AvgIpc) is 3.30. The Hall–Kier alpha value is -3.07. The van der Waals surface area contributed by atoms with Gasteiger partial charge in [0.1, 0.15) is 0 Å². The normalized spacial score (nSPS) is 15.7. The molecule has 9 nitrogen and oxygen atoms in total. The van der Waals surface area contributed by atoms with Crippen LogP contribution in [0.2, 0.25) is 0 Å². The molecule has 9 heteroatoms. The summed E-state index contributed by atoms with van der Waals surface area (Å²) in [6.07, 6.45) is 1.00. The van der Waals surface area contributed by atoms with Crippen molar-refractivity contribution in [1.82, 2.24) is 40.6 Å². The number of aromatic nitrogens is 6. The van der Waals surface area contributed by atoms with Gasteiger partial charge in [-0.3, -0.25) is 14.4 Å². The molecule has 0 radical (unpaired) electrons. The standard InChI is InChI=1S/C18H22N8O/c1-13(17-20-23-24-21-17)19-18(27)16-10-15-12-25(8-5-9-26(15)22-16)11-14-6-3-2-4-7-14/h2-4,6-7,10,13H,5,8-9,11-12H2,1H3,(H,19,27)(H,20,21,23,24)/t13-/m0/s1. The summed E-state index contributed by atoms with van der Waals surface area (Å²) in [5.41, 5.74) is 2.76. The van der Waals surface area contributed by atoms with Crippen LogP contribution in [0.25, 0.3) is 0 Å².